The Kier molecular flexibility index (Phi) is 5.26. The largest absolute Gasteiger partial charge is 0.477 e. The van der Waals surface area contributed by atoms with Gasteiger partial charge in [0.15, 0.2) is 5.65 Å². The molecule has 5 N–H and O–H groups in total. The molecule has 6 heterocycles. The Bertz CT molecular complexity index is 1930. The van der Waals surface area contributed by atoms with Gasteiger partial charge in [-0.25, -0.2) is 19.2 Å². The minimum Gasteiger partial charge on any atom is -0.477 e. The second kappa shape index (κ2) is 8.65. The first-order chi connectivity index (χ1) is 19.2. The lowest BCUT2D eigenvalue weighted by Crippen LogP contribution is -2.35. The van der Waals surface area contributed by atoms with Gasteiger partial charge >= 0.3 is 5.97 Å². The second-order valence-corrected chi connectivity index (χ2v) is 10.7. The Morgan fingerprint density at radius 3 is 2.80 bits per heavy atom. The van der Waals surface area contributed by atoms with Crippen LogP contribution in [0.2, 0.25) is 0 Å². The molecule has 12 heteroatoms. The van der Waals surface area contributed by atoms with E-state index in [1.807, 2.05) is 0 Å². The lowest BCUT2D eigenvalue weighted by molar-refractivity contribution is 0.0695. The number of hydrogen-bond donors (Lipinski definition) is 4. The molecule has 5 aromatic rings. The average Bonchev–Trinajstić information content (AvgIpc) is 3.61. The van der Waals surface area contributed by atoms with Gasteiger partial charge in [-0.1, -0.05) is 0 Å². The first-order valence-electron chi connectivity index (χ1n) is 13.1. The van der Waals surface area contributed by atoms with E-state index in [1.54, 1.807) is 25.5 Å². The first-order valence-corrected chi connectivity index (χ1v) is 13.1. The van der Waals surface area contributed by atoms with E-state index in [2.05, 4.69) is 32.1 Å². The minimum atomic E-state index is -1.37. The van der Waals surface area contributed by atoms with Crippen LogP contribution >= 0.6 is 0 Å². The maximum Gasteiger partial charge on any atom is 0.341 e. The molecule has 4 aromatic heterocycles. The zero-order valence-electron chi connectivity index (χ0n) is 21.9. The highest BCUT2D eigenvalue weighted by Gasteiger charge is 2.41. The van der Waals surface area contributed by atoms with E-state index in [1.165, 1.54) is 12.1 Å². The summed E-state index contributed by atoms with van der Waals surface area (Å²) in [7, 11) is 3.86. The number of nitrogens with two attached hydrogens (primary N) is 1. The summed E-state index contributed by atoms with van der Waals surface area (Å²) in [6.45, 7) is 2.71. The molecule has 2 aliphatic heterocycles. The molecule has 0 bridgehead atoms. The van der Waals surface area contributed by atoms with Crippen LogP contribution in [0.25, 0.3) is 44.1 Å². The molecule has 1 aromatic carbocycles. The fourth-order valence-electron chi connectivity index (χ4n) is 6.60. The van der Waals surface area contributed by atoms with E-state index in [0.29, 0.717) is 28.2 Å². The smallest absolute Gasteiger partial charge is 0.341 e. The summed E-state index contributed by atoms with van der Waals surface area (Å²) in [6, 6.07) is 4.84. The van der Waals surface area contributed by atoms with E-state index in [4.69, 9.17) is 10.8 Å². The van der Waals surface area contributed by atoms with Crippen molar-refractivity contribution in [2.75, 3.05) is 49.8 Å². The number of anilines is 2. The summed E-state index contributed by atoms with van der Waals surface area (Å²) in [4.78, 5) is 42.1. The SMILES string of the molecule is CNc1cc(F)cc2c1[nH]c1ncc(-c3cnc4c(c3)c(=O)c(C(=O)O)cn4N)c(N3CC[C@H]4CN(C)C[C@H]43)c12. The fourth-order valence-corrected chi connectivity index (χ4v) is 6.60. The van der Waals surface area contributed by atoms with Crippen molar-refractivity contribution in [2.24, 2.45) is 5.92 Å². The molecule has 0 unspecified atom stereocenters. The molecule has 7 rings (SSSR count). The van der Waals surface area contributed by atoms with Gasteiger partial charge in [-0.15, -0.1) is 0 Å². The molecule has 0 saturated carbocycles. The second-order valence-electron chi connectivity index (χ2n) is 10.7. The van der Waals surface area contributed by atoms with Crippen LogP contribution < -0.4 is 21.5 Å². The van der Waals surface area contributed by atoms with Crippen LogP contribution in [0.4, 0.5) is 15.8 Å². The van der Waals surface area contributed by atoms with Gasteiger partial charge in [0, 0.05) is 67.8 Å². The molecule has 11 nitrogen and oxygen atoms in total. The van der Waals surface area contributed by atoms with Gasteiger partial charge in [-0.3, -0.25) is 9.47 Å². The number of carboxylic acids is 1. The number of likely N-dealkylation sites (N-methyl/N-ethyl adjacent to an activating group) is 1. The summed E-state index contributed by atoms with van der Waals surface area (Å²) < 4.78 is 15.9. The number of carboxylic acid groups (broad SMARTS) is 1. The molecule has 204 valence electrons. The third-order valence-corrected chi connectivity index (χ3v) is 8.36. The number of nitrogen functional groups attached to an aromatic ring is 1. The van der Waals surface area contributed by atoms with Gasteiger partial charge in [-0.05, 0) is 37.6 Å². The van der Waals surface area contributed by atoms with E-state index in [-0.39, 0.29) is 22.9 Å². The molecule has 0 amide bonds. The number of rotatable bonds is 4. The molecule has 0 spiro atoms. The molecular formula is C28H27FN8O3. The number of fused-ring (bicyclic) bond motifs is 5. The van der Waals surface area contributed by atoms with Crippen molar-refractivity contribution in [1.82, 2.24) is 24.5 Å². The predicted molar refractivity (Wildman–Crippen MR) is 152 cm³/mol. The van der Waals surface area contributed by atoms with Crippen LogP contribution in [0.15, 0.2) is 41.6 Å². The molecule has 0 aliphatic carbocycles. The summed E-state index contributed by atoms with van der Waals surface area (Å²) >= 11 is 0. The van der Waals surface area contributed by atoms with Crippen LogP contribution in [0, 0.1) is 11.7 Å². The van der Waals surface area contributed by atoms with Gasteiger partial charge in [0.25, 0.3) is 0 Å². The highest BCUT2D eigenvalue weighted by molar-refractivity contribution is 6.18. The van der Waals surface area contributed by atoms with Crippen LogP contribution in [0.3, 0.4) is 0 Å². The summed E-state index contributed by atoms with van der Waals surface area (Å²) in [5.41, 5.74) is 3.25. The van der Waals surface area contributed by atoms with Crippen molar-refractivity contribution in [3.63, 3.8) is 0 Å². The number of aromatic nitrogens is 4. The number of nitrogens with one attached hydrogen (secondary N) is 2. The quantitative estimate of drug-likeness (QED) is 0.252. The van der Waals surface area contributed by atoms with Gasteiger partial charge in [0.05, 0.1) is 27.7 Å². The number of halogens is 1. The van der Waals surface area contributed by atoms with Gasteiger partial charge in [0.2, 0.25) is 5.43 Å². The lowest BCUT2D eigenvalue weighted by atomic mass is 10.00. The van der Waals surface area contributed by atoms with Crippen LogP contribution in [-0.2, 0) is 0 Å². The molecule has 40 heavy (non-hydrogen) atoms. The summed E-state index contributed by atoms with van der Waals surface area (Å²) in [6.07, 6.45) is 5.44. The van der Waals surface area contributed by atoms with Gasteiger partial charge in [0.1, 0.15) is 17.0 Å². The number of carbonyl (C=O) groups is 1. The standard InChI is InChI=1S/C28H27FN8O3/c1-31-20-7-15(29)6-16-22-24(36-4-3-13-10-35(2)12-21(13)36)18(9-32-26(22)34-23(16)20)14-5-17-25(38)19(28(39)40)11-37(30)27(17)33-8-14/h5-9,11,13,21,31H,3-4,10,12,30H2,1-2H3,(H,32,34)(H,39,40)/t13-,21+/m0/s1. The number of benzene rings is 1. The third kappa shape index (κ3) is 3.45. The normalized spacial score (nSPS) is 19.2. The number of pyridine rings is 3. The van der Waals surface area contributed by atoms with E-state index in [0.717, 1.165) is 59.1 Å². The summed E-state index contributed by atoms with van der Waals surface area (Å²) in [5.74, 6) is 4.76. The topological polar surface area (TPSA) is 145 Å². The van der Waals surface area contributed by atoms with Crippen molar-refractivity contribution in [2.45, 2.75) is 12.5 Å². The molecule has 2 fully saturated rings. The fraction of sp³-hybridized carbons (Fsp3) is 0.286. The highest BCUT2D eigenvalue weighted by Crippen LogP contribution is 2.46. The Hall–Kier alpha value is -4.71. The lowest BCUT2D eigenvalue weighted by Gasteiger charge is -2.29. The average molecular weight is 543 g/mol. The number of aromatic carboxylic acids is 1. The van der Waals surface area contributed by atoms with Crippen molar-refractivity contribution in [3.8, 4) is 11.1 Å². The Morgan fingerprint density at radius 2 is 2.02 bits per heavy atom. The van der Waals surface area contributed by atoms with Crippen LogP contribution in [-0.4, -0.2) is 75.4 Å². The van der Waals surface area contributed by atoms with Crippen molar-refractivity contribution < 1.29 is 14.3 Å². The van der Waals surface area contributed by atoms with Crippen molar-refractivity contribution >= 4 is 50.3 Å². The predicted octanol–water partition coefficient (Wildman–Crippen LogP) is 2.83. The zero-order chi connectivity index (χ0) is 27.9. The highest BCUT2D eigenvalue weighted by atomic mass is 19.1. The number of aromatic amines is 1. The van der Waals surface area contributed by atoms with E-state index >= 15 is 0 Å². The number of likely N-dealkylation sites (tertiary alicyclic amines) is 1. The van der Waals surface area contributed by atoms with Crippen LogP contribution in [0.5, 0.6) is 0 Å². The Labute approximate surface area is 227 Å². The van der Waals surface area contributed by atoms with Gasteiger partial charge < -0.3 is 31.0 Å². The Balaban J connectivity index is 1.55. The van der Waals surface area contributed by atoms with Crippen molar-refractivity contribution in [1.29, 1.82) is 0 Å². The number of nitrogens with zero attached hydrogens (tertiary/aromatic N) is 5. The molecule has 2 atom stereocenters. The molecular weight excluding hydrogens is 515 g/mol. The number of hydrogen-bond acceptors (Lipinski definition) is 8. The minimum absolute atomic E-state index is 0.0910. The van der Waals surface area contributed by atoms with E-state index < -0.39 is 17.0 Å². The maximum atomic E-state index is 14.8. The van der Waals surface area contributed by atoms with Gasteiger partial charge in [-0.2, -0.15) is 0 Å². The molecule has 2 aliphatic rings. The molecule has 0 radical (unpaired) electrons. The maximum absolute atomic E-state index is 14.8. The third-order valence-electron chi connectivity index (χ3n) is 8.36. The number of H-pyrrole nitrogens is 1. The zero-order valence-corrected chi connectivity index (χ0v) is 21.9. The summed E-state index contributed by atoms with van der Waals surface area (Å²) in [5, 5.41) is 14.2. The van der Waals surface area contributed by atoms with E-state index in [9.17, 15) is 19.1 Å². The molecule has 2 saturated heterocycles. The monoisotopic (exact) mass is 542 g/mol. The van der Waals surface area contributed by atoms with Crippen LogP contribution in [0.1, 0.15) is 16.8 Å². The van der Waals surface area contributed by atoms with Crippen molar-refractivity contribution in [3.05, 3.63) is 58.4 Å². The first kappa shape index (κ1) is 24.3. The Morgan fingerprint density at radius 1 is 1.20 bits per heavy atom.